The molecule has 1 aliphatic heterocycles. The van der Waals surface area contributed by atoms with Crippen LogP contribution in [0.4, 0.5) is 4.79 Å². The van der Waals surface area contributed by atoms with E-state index < -0.39 is 23.3 Å². The van der Waals surface area contributed by atoms with Gasteiger partial charge in [0.25, 0.3) is 0 Å². The van der Waals surface area contributed by atoms with Gasteiger partial charge in [0.05, 0.1) is 16.3 Å². The van der Waals surface area contributed by atoms with Crippen LogP contribution in [0.2, 0.25) is 10.0 Å². The van der Waals surface area contributed by atoms with Crippen molar-refractivity contribution in [3.05, 3.63) is 68.6 Å². The first-order valence-electron chi connectivity index (χ1n) is 11.3. The van der Waals surface area contributed by atoms with Gasteiger partial charge in [-0.3, -0.25) is 0 Å². The number of nitrogens with zero attached hydrogens (tertiary/aromatic N) is 1. The average molecular weight is 578 g/mol. The van der Waals surface area contributed by atoms with E-state index in [-0.39, 0.29) is 0 Å². The topological polar surface area (TPSA) is 60.5 Å². The molecular formula is C27H27BrCl2N2O3. The Hall–Kier alpha value is -2.28. The van der Waals surface area contributed by atoms with Crippen LogP contribution in [-0.2, 0) is 4.74 Å². The molecule has 1 N–H and O–H groups in total. The molecule has 2 aromatic carbocycles. The highest BCUT2D eigenvalue weighted by atomic mass is 79.9. The fourth-order valence-corrected chi connectivity index (χ4v) is 4.88. The fourth-order valence-electron chi connectivity index (χ4n) is 3.99. The molecule has 0 bridgehead atoms. The van der Waals surface area contributed by atoms with Crippen molar-refractivity contribution in [3.63, 3.8) is 0 Å². The van der Waals surface area contributed by atoms with E-state index in [9.17, 15) is 4.79 Å². The zero-order valence-electron chi connectivity index (χ0n) is 20.2. The number of nitrogens with one attached hydrogen (secondary N) is 1. The average Bonchev–Trinajstić information content (AvgIpc) is 2.71. The zero-order valence-corrected chi connectivity index (χ0v) is 23.3. The first kappa shape index (κ1) is 25.8. The number of fused-ring (bicyclic) bond motifs is 1. The summed E-state index contributed by atoms with van der Waals surface area (Å²) in [5.74, 6) is 0.418. The zero-order chi connectivity index (χ0) is 25.5. The number of amides is 1. The van der Waals surface area contributed by atoms with Crippen LogP contribution in [0.15, 0.2) is 53.0 Å². The Morgan fingerprint density at radius 3 is 2.43 bits per heavy atom. The largest absolute Gasteiger partial charge is 0.471 e. The lowest BCUT2D eigenvalue weighted by atomic mass is 9.90. The molecule has 184 valence electrons. The van der Waals surface area contributed by atoms with Gasteiger partial charge in [0.15, 0.2) is 0 Å². The summed E-state index contributed by atoms with van der Waals surface area (Å²) >= 11 is 16.3. The summed E-state index contributed by atoms with van der Waals surface area (Å²) in [6.07, 6.45) is -0.541. The normalized spacial score (nSPS) is 16.7. The number of ether oxygens (including phenoxy) is 2. The molecule has 5 nitrogen and oxygen atoms in total. The monoisotopic (exact) mass is 576 g/mol. The molecule has 3 aromatic rings. The van der Waals surface area contributed by atoms with Crippen molar-refractivity contribution >= 4 is 45.2 Å². The lowest BCUT2D eigenvalue weighted by molar-refractivity contribution is -0.00441. The molecule has 1 atom stereocenters. The third-order valence-electron chi connectivity index (χ3n) is 5.48. The number of aromatic nitrogens is 1. The smallest absolute Gasteiger partial charge is 0.408 e. The number of pyridine rings is 1. The second kappa shape index (κ2) is 9.64. The molecule has 2 heterocycles. The number of hydrogen-bond acceptors (Lipinski definition) is 4. The fraction of sp³-hybridized carbons (Fsp3) is 0.333. The van der Waals surface area contributed by atoms with Gasteiger partial charge in [0, 0.05) is 32.6 Å². The Bertz CT molecular complexity index is 1270. The van der Waals surface area contributed by atoms with E-state index in [1.807, 2.05) is 83.1 Å². The second-order valence-electron chi connectivity index (χ2n) is 10.2. The van der Waals surface area contributed by atoms with Crippen LogP contribution in [-0.4, -0.2) is 22.2 Å². The minimum atomic E-state index is -0.588. The Balaban J connectivity index is 1.88. The SMILES string of the molecule is CC(C)(C)NC(=O)OC1CC(C)(C)Oc2nc(-c3ccc(Br)cc3Cl)c(-c3ccc(Cl)cc3)cc21. The molecule has 0 saturated carbocycles. The van der Waals surface area contributed by atoms with Crippen LogP contribution in [0.1, 0.15) is 52.7 Å². The molecule has 1 unspecified atom stereocenters. The minimum Gasteiger partial charge on any atom is -0.471 e. The molecule has 0 saturated heterocycles. The van der Waals surface area contributed by atoms with Crippen LogP contribution >= 0.6 is 39.1 Å². The Labute approximate surface area is 224 Å². The van der Waals surface area contributed by atoms with Crippen LogP contribution < -0.4 is 10.1 Å². The molecule has 1 aromatic heterocycles. The van der Waals surface area contributed by atoms with Gasteiger partial charge in [0.2, 0.25) is 5.88 Å². The number of hydrogen-bond donors (Lipinski definition) is 1. The molecule has 0 radical (unpaired) electrons. The van der Waals surface area contributed by atoms with Crippen molar-refractivity contribution in [1.82, 2.24) is 10.3 Å². The predicted octanol–water partition coefficient (Wildman–Crippen LogP) is 8.61. The van der Waals surface area contributed by atoms with Crippen molar-refractivity contribution in [3.8, 4) is 28.3 Å². The molecule has 1 amide bonds. The first-order chi connectivity index (χ1) is 16.3. The van der Waals surface area contributed by atoms with E-state index in [4.69, 9.17) is 37.7 Å². The summed E-state index contributed by atoms with van der Waals surface area (Å²) in [5.41, 5.74) is 2.86. The Morgan fingerprint density at radius 2 is 1.80 bits per heavy atom. The maximum absolute atomic E-state index is 12.7. The number of carbonyl (C=O) groups is 1. The van der Waals surface area contributed by atoms with Crippen molar-refractivity contribution < 1.29 is 14.3 Å². The van der Waals surface area contributed by atoms with Gasteiger partial charge in [-0.25, -0.2) is 9.78 Å². The molecule has 8 heteroatoms. The van der Waals surface area contributed by atoms with Gasteiger partial charge >= 0.3 is 6.09 Å². The summed E-state index contributed by atoms with van der Waals surface area (Å²) in [5, 5.41) is 4.05. The van der Waals surface area contributed by atoms with Crippen LogP contribution in [0, 0.1) is 0 Å². The van der Waals surface area contributed by atoms with Gasteiger partial charge < -0.3 is 14.8 Å². The second-order valence-corrected chi connectivity index (χ2v) is 12.0. The van der Waals surface area contributed by atoms with Gasteiger partial charge in [-0.2, -0.15) is 0 Å². The van der Waals surface area contributed by atoms with Crippen LogP contribution in [0.3, 0.4) is 0 Å². The molecule has 0 aliphatic carbocycles. The lowest BCUT2D eigenvalue weighted by Gasteiger charge is -2.37. The molecular weight excluding hydrogens is 551 g/mol. The Kier molecular flexibility index (Phi) is 7.11. The number of carbonyl (C=O) groups excluding carboxylic acids is 1. The highest BCUT2D eigenvalue weighted by Gasteiger charge is 2.38. The minimum absolute atomic E-state index is 0.418. The Morgan fingerprint density at radius 1 is 1.11 bits per heavy atom. The maximum atomic E-state index is 12.7. The molecule has 4 rings (SSSR count). The van der Waals surface area contributed by atoms with Crippen molar-refractivity contribution in [2.45, 2.75) is 58.3 Å². The van der Waals surface area contributed by atoms with E-state index in [1.165, 1.54) is 0 Å². The number of alkyl carbamates (subject to hydrolysis) is 1. The summed E-state index contributed by atoms with van der Waals surface area (Å²) in [7, 11) is 0. The highest BCUT2D eigenvalue weighted by molar-refractivity contribution is 9.10. The van der Waals surface area contributed by atoms with Crippen molar-refractivity contribution in [2.75, 3.05) is 0 Å². The van der Waals surface area contributed by atoms with Crippen LogP contribution in [0.25, 0.3) is 22.4 Å². The van der Waals surface area contributed by atoms with Crippen molar-refractivity contribution in [1.29, 1.82) is 0 Å². The predicted molar refractivity (Wildman–Crippen MR) is 144 cm³/mol. The van der Waals surface area contributed by atoms with E-state index in [0.717, 1.165) is 21.2 Å². The number of rotatable bonds is 3. The molecule has 0 fully saturated rings. The van der Waals surface area contributed by atoms with E-state index in [1.54, 1.807) is 0 Å². The maximum Gasteiger partial charge on any atom is 0.408 e. The quantitative estimate of drug-likeness (QED) is 0.338. The third kappa shape index (κ3) is 6.11. The van der Waals surface area contributed by atoms with Gasteiger partial charge in [-0.1, -0.05) is 57.3 Å². The lowest BCUT2D eigenvalue weighted by Crippen LogP contribution is -2.43. The standard InChI is InChI=1S/C27H27BrCl2N2O3/c1-26(2,3)32-25(33)34-22-14-27(4,5)35-24-20(22)13-19(15-6-9-17(29)10-7-15)23(31-24)18-11-8-16(28)12-21(18)30/h6-13,22H,14H2,1-5H3,(H,32,33). The van der Waals surface area contributed by atoms with Gasteiger partial charge in [0.1, 0.15) is 11.7 Å². The molecule has 35 heavy (non-hydrogen) atoms. The number of halogens is 3. The van der Waals surface area contributed by atoms with E-state index in [2.05, 4.69) is 21.2 Å². The van der Waals surface area contributed by atoms with Gasteiger partial charge in [-0.05, 0) is 70.5 Å². The summed E-state index contributed by atoms with van der Waals surface area (Å²) in [4.78, 5) is 17.6. The number of benzene rings is 2. The van der Waals surface area contributed by atoms with Gasteiger partial charge in [-0.15, -0.1) is 0 Å². The molecule has 0 spiro atoms. The molecule has 1 aliphatic rings. The van der Waals surface area contributed by atoms with E-state index in [0.29, 0.717) is 33.6 Å². The summed E-state index contributed by atoms with van der Waals surface area (Å²) in [6, 6.07) is 15.2. The highest BCUT2D eigenvalue weighted by Crippen LogP contribution is 2.46. The van der Waals surface area contributed by atoms with Crippen molar-refractivity contribution in [2.24, 2.45) is 0 Å². The third-order valence-corrected chi connectivity index (χ3v) is 6.54. The summed E-state index contributed by atoms with van der Waals surface area (Å²) < 4.78 is 13.0. The van der Waals surface area contributed by atoms with Crippen LogP contribution in [0.5, 0.6) is 5.88 Å². The first-order valence-corrected chi connectivity index (χ1v) is 12.8. The van der Waals surface area contributed by atoms with E-state index >= 15 is 0 Å². The summed E-state index contributed by atoms with van der Waals surface area (Å²) in [6.45, 7) is 9.63.